The van der Waals surface area contributed by atoms with Gasteiger partial charge in [-0.1, -0.05) is 96.5 Å². The van der Waals surface area contributed by atoms with Crippen molar-refractivity contribution in [2.24, 2.45) is 5.73 Å². The van der Waals surface area contributed by atoms with Crippen LogP contribution in [0.4, 0.5) is 15.5 Å². The maximum Gasteiger partial charge on any atom is 0.407 e. The molecule has 14 rings (SSSR count). The summed E-state index contributed by atoms with van der Waals surface area (Å²) in [7, 11) is -10.1. The molecular formula is C85H113ClN16O15S5. The van der Waals surface area contributed by atoms with Crippen molar-refractivity contribution >= 4 is 101 Å². The lowest BCUT2D eigenvalue weighted by Gasteiger charge is -2.32. The van der Waals surface area contributed by atoms with E-state index in [0.717, 1.165) is 112 Å². The van der Waals surface area contributed by atoms with Gasteiger partial charge in [0.15, 0.2) is 0 Å². The molecule has 4 aromatic carbocycles. The number of carbonyl (C=O) groups is 2. The summed E-state index contributed by atoms with van der Waals surface area (Å²) in [6, 6.07) is 34.6. The van der Waals surface area contributed by atoms with E-state index in [9.17, 15) is 62.3 Å². The first-order valence-corrected chi connectivity index (χ1v) is 49.1. The smallest absolute Gasteiger partial charge is 0.407 e. The number of aromatic nitrogens is 6. The number of nitrogens with two attached hydrogens (primary N) is 1. The number of piperidine rings is 4. The third-order valence-corrected chi connectivity index (χ3v) is 29.0. The van der Waals surface area contributed by atoms with Crippen LogP contribution in [-0.2, 0) is 59.4 Å². The molecule has 660 valence electrons. The summed E-state index contributed by atoms with van der Waals surface area (Å²) in [5.74, 6) is 0.410. The molecule has 4 aliphatic heterocycles. The maximum atomic E-state index is 13.0. The molecule has 4 saturated heterocycles. The van der Waals surface area contributed by atoms with Gasteiger partial charge in [-0.25, -0.2) is 58.2 Å². The van der Waals surface area contributed by atoms with Crippen molar-refractivity contribution in [3.05, 3.63) is 176 Å². The van der Waals surface area contributed by atoms with Crippen LogP contribution in [0.1, 0.15) is 190 Å². The molecule has 37 heteroatoms. The monoisotopic (exact) mass is 1790 g/mol. The highest BCUT2D eigenvalue weighted by atomic mass is 35.7. The van der Waals surface area contributed by atoms with Gasteiger partial charge >= 0.3 is 12.2 Å². The average Bonchev–Trinajstić information content (AvgIpc) is 0.826. The van der Waals surface area contributed by atoms with E-state index >= 15 is 0 Å². The molecule has 2 amide bonds. The predicted octanol–water partition coefficient (Wildman–Crippen LogP) is 11.8. The van der Waals surface area contributed by atoms with Gasteiger partial charge in [0.2, 0.25) is 41.2 Å². The fourth-order valence-electron chi connectivity index (χ4n) is 14.6. The van der Waals surface area contributed by atoms with Gasteiger partial charge in [-0.15, -0.1) is 0 Å². The summed E-state index contributed by atoms with van der Waals surface area (Å²) in [5.41, 5.74) is 9.55. The van der Waals surface area contributed by atoms with E-state index in [-0.39, 0.29) is 74.6 Å². The number of aryl methyl sites for hydroxylation is 4. The minimum Gasteiger partial charge on any atom is -0.444 e. The predicted molar refractivity (Wildman–Crippen MR) is 470 cm³/mol. The van der Waals surface area contributed by atoms with Crippen molar-refractivity contribution in [1.29, 1.82) is 10.5 Å². The topological polar surface area (TPSA) is 433 Å². The quantitative estimate of drug-likeness (QED) is 0.0498. The fraction of sp³-hybridized carbons (Fsp3) is 0.506. The van der Waals surface area contributed by atoms with Gasteiger partial charge in [-0.2, -0.15) is 28.4 Å². The number of amides is 2. The number of halogens is 1. The number of carbonyl (C=O) groups excluding carboxylic acids is 2. The number of nitriles is 2. The Labute approximate surface area is 723 Å². The molecule has 0 radical (unpaired) electrons. The first-order valence-electron chi connectivity index (χ1n) is 41.0. The van der Waals surface area contributed by atoms with E-state index in [2.05, 4.69) is 41.2 Å². The van der Waals surface area contributed by atoms with Crippen LogP contribution in [0.5, 0.6) is 0 Å². The molecule has 8 heterocycles. The molecule has 31 nitrogen and oxygen atoms in total. The van der Waals surface area contributed by atoms with Crippen molar-refractivity contribution in [1.82, 2.24) is 57.9 Å². The summed E-state index contributed by atoms with van der Waals surface area (Å²) >= 11 is 0. The summed E-state index contributed by atoms with van der Waals surface area (Å²) in [6.07, 6.45) is 17.6. The van der Waals surface area contributed by atoms with Crippen LogP contribution in [0, 0.1) is 50.4 Å². The Morgan fingerprint density at radius 2 is 0.828 bits per heavy atom. The highest BCUT2D eigenvalue weighted by molar-refractivity contribution is 8.13. The molecule has 1 atom stereocenters. The Morgan fingerprint density at radius 1 is 0.500 bits per heavy atom. The fourth-order valence-corrected chi connectivity index (χ4v) is 20.2. The molecule has 6 N–H and O–H groups in total. The Bertz CT molecular complexity index is 5650. The van der Waals surface area contributed by atoms with Crippen molar-refractivity contribution in [2.75, 3.05) is 63.9 Å². The van der Waals surface area contributed by atoms with E-state index < -0.39 is 67.2 Å². The van der Waals surface area contributed by atoms with Crippen molar-refractivity contribution < 1.29 is 56.9 Å². The minimum atomic E-state index is -3.55. The zero-order valence-corrected chi connectivity index (χ0v) is 75.9. The number of hydrogen-bond donors (Lipinski definition) is 5. The number of hydrogen-bond acceptors (Lipinski definition) is 24. The number of sulfonamides is 3. The van der Waals surface area contributed by atoms with Gasteiger partial charge in [0.25, 0.3) is 20.2 Å². The van der Waals surface area contributed by atoms with Gasteiger partial charge in [0, 0.05) is 116 Å². The number of rotatable bonds is 14. The number of benzene rings is 4. The highest BCUT2D eigenvalue weighted by Crippen LogP contribution is 2.34. The molecule has 6 aliphatic rings. The second-order valence-corrected chi connectivity index (χ2v) is 42.8. The first-order chi connectivity index (χ1) is 57.5. The number of ether oxygens (including phenoxy) is 2. The van der Waals surface area contributed by atoms with Crippen molar-refractivity contribution in [3.8, 4) is 12.1 Å². The molecule has 122 heavy (non-hydrogen) atoms. The zero-order valence-electron chi connectivity index (χ0n) is 71.0. The average molecular weight is 1790 g/mol. The molecule has 2 aliphatic carbocycles. The van der Waals surface area contributed by atoms with E-state index in [0.29, 0.717) is 108 Å². The summed E-state index contributed by atoms with van der Waals surface area (Å²) in [4.78, 5) is 67.2. The van der Waals surface area contributed by atoms with E-state index in [4.69, 9.17) is 31.2 Å². The number of nitrogens with one attached hydrogen (secondary N) is 4. The number of pyridine rings is 2. The second kappa shape index (κ2) is 42.9. The number of nitrogens with zero attached hydrogens (tertiary/aromatic N) is 11. The highest BCUT2D eigenvalue weighted by Gasteiger charge is 2.34. The third kappa shape index (κ3) is 27.4. The molecule has 0 bridgehead atoms. The largest absolute Gasteiger partial charge is 0.444 e. The second-order valence-electron chi connectivity index (χ2n) is 33.2. The van der Waals surface area contributed by atoms with Gasteiger partial charge in [0.1, 0.15) is 45.8 Å². The lowest BCUT2D eigenvalue weighted by atomic mass is 10.1. The molecular weight excluding hydrogens is 1680 g/mol. The summed E-state index contributed by atoms with van der Waals surface area (Å²) in [6.45, 7) is 23.3. The number of anilines is 1. The van der Waals surface area contributed by atoms with Gasteiger partial charge < -0.3 is 36.5 Å². The molecule has 8 aromatic rings. The van der Waals surface area contributed by atoms with Crippen LogP contribution in [0.25, 0.3) is 22.1 Å². The Kier molecular flexibility index (Phi) is 34.0. The first kappa shape index (κ1) is 96.6. The standard InChI is InChI=1S/C25H28N6O3S.C17H26N2O4S.C14H14N4O2S.C12H18N2O2S.C10H20N2O2.C7H7ClO2S/c1-17-6-8-22(9-7-17)35(33,34)30-12-10-20(11-13-30)28-25-27-16-19-14-18(15-26)24(32)31(23(19)29-25)21-4-2-3-5-21;1-13-5-7-15(8-6-13)24(21,22)19-11-9-14(10-12-19)18-16(20)23-17(2,3)4;1-21(20)14-16-8-10-6-9(7-15)13(19)18(12(10)17-14)11-4-2-3-5-11;1-10-2-4-12(5-3-10)17(15,16)14-8-6-11(13)7-9-14;1-10(2,3)14-9(13)12-8-4-6-11-7-5-8;1-6-2-4-7(5-3-6)11(8,9)10/h6-9,14,16,20-21H,2-5,10-13H2,1H3,(H,27,28,29);5-8,14H,9-12H2,1-4H3,(H,18,20);6,8,11H,2-5H2,1H3;2-5,11H,6-9,13H2,1H3;8,11H,4-7H2,1-3H3,(H,12,13);2-5H,1H3. The van der Waals surface area contributed by atoms with Crippen molar-refractivity contribution in [2.45, 2.75) is 244 Å². The van der Waals surface area contributed by atoms with E-state index in [1.807, 2.05) is 106 Å². The van der Waals surface area contributed by atoms with E-state index in [1.165, 1.54) is 43.6 Å². The Balaban J connectivity index is 0.000000173. The van der Waals surface area contributed by atoms with E-state index in [1.54, 1.807) is 82.1 Å². The summed E-state index contributed by atoms with van der Waals surface area (Å²) < 4.78 is 127. The third-order valence-electron chi connectivity index (χ3n) is 21.2. The van der Waals surface area contributed by atoms with Crippen LogP contribution in [-0.4, -0.2) is 186 Å². The molecule has 0 spiro atoms. The molecule has 6 fully saturated rings. The molecule has 2 saturated carbocycles. The van der Waals surface area contributed by atoms with Crippen LogP contribution >= 0.6 is 10.7 Å². The van der Waals surface area contributed by atoms with Gasteiger partial charge in [0.05, 0.1) is 30.4 Å². The number of fused-ring (bicyclic) bond motifs is 2. The van der Waals surface area contributed by atoms with Crippen LogP contribution in [0.2, 0.25) is 0 Å². The summed E-state index contributed by atoms with van der Waals surface area (Å²) in [5, 5.41) is 32.3. The Hall–Kier alpha value is -9.18. The number of alkyl carbamates (subject to hydrolysis) is 2. The van der Waals surface area contributed by atoms with Gasteiger partial charge in [-0.05, 0) is 220 Å². The van der Waals surface area contributed by atoms with Crippen LogP contribution in [0.15, 0.2) is 156 Å². The zero-order chi connectivity index (χ0) is 89.1. The lowest BCUT2D eigenvalue weighted by molar-refractivity contribution is 0.0480. The normalized spacial score (nSPS) is 17.5. The lowest BCUT2D eigenvalue weighted by Crippen LogP contribution is -2.47. The minimum absolute atomic E-state index is 0.0157. The SMILES string of the molecule is CC(C)(C)OC(=O)NC1CCNCC1.CS(=O)c1ncc2cc(C#N)c(=O)n(C3CCCC3)c2n1.Cc1ccc(S(=O)(=O)Cl)cc1.Cc1ccc(S(=O)(=O)N2CCC(N)CC2)cc1.Cc1ccc(S(=O)(=O)N2CCC(NC(=O)OC(C)(C)C)CC2)cc1.Cc1ccc(S(=O)(=O)N2CCC(Nc3ncc4cc(C#N)c(=O)n(C5CCCC5)c4n3)CC2)cc1. The van der Waals surface area contributed by atoms with Gasteiger partial charge in [-0.3, -0.25) is 22.9 Å². The molecule has 1 unspecified atom stereocenters. The maximum absolute atomic E-state index is 13.0. The Morgan fingerprint density at radius 3 is 1.17 bits per heavy atom. The van der Waals surface area contributed by atoms with Crippen LogP contribution in [0.3, 0.4) is 0 Å². The van der Waals surface area contributed by atoms with Crippen molar-refractivity contribution in [3.63, 3.8) is 0 Å². The molecule has 4 aromatic heterocycles. The van der Waals surface area contributed by atoms with Crippen LogP contribution < -0.4 is 38.1 Å².